The topological polar surface area (TPSA) is 71.0 Å². The third-order valence-corrected chi connectivity index (χ3v) is 5.32. The Bertz CT molecular complexity index is 907. The Hall–Kier alpha value is -3.28. The number of rotatable bonds is 6. The van der Waals surface area contributed by atoms with E-state index < -0.39 is 0 Å². The van der Waals surface area contributed by atoms with E-state index in [9.17, 15) is 4.79 Å². The molecule has 0 aliphatic carbocycles. The van der Waals surface area contributed by atoms with Crippen LogP contribution in [0.1, 0.15) is 34.6 Å². The van der Waals surface area contributed by atoms with Crippen molar-refractivity contribution >= 4 is 11.7 Å². The van der Waals surface area contributed by atoms with Crippen LogP contribution in [0.3, 0.4) is 0 Å². The van der Waals surface area contributed by atoms with Crippen LogP contribution in [0.25, 0.3) is 0 Å². The number of nitrogens with zero attached hydrogens (tertiary/aromatic N) is 4. The van der Waals surface area contributed by atoms with Crippen molar-refractivity contribution in [2.24, 2.45) is 5.92 Å². The standard InChI is InChI=1S/C23H25N5O/c29-23(28-12-9-19(10-13-28)14-18-6-2-1-3-7-18)21-16-27-22(17-25-21)26-15-20-8-4-5-11-24-20/h1-8,11,16-17,19H,9-10,12-15H2,(H,26,27). The van der Waals surface area contributed by atoms with Crippen LogP contribution < -0.4 is 5.32 Å². The lowest BCUT2D eigenvalue weighted by Gasteiger charge is -2.31. The predicted molar refractivity (Wildman–Crippen MR) is 112 cm³/mol. The van der Waals surface area contributed by atoms with Gasteiger partial charge in [0, 0.05) is 19.3 Å². The zero-order valence-corrected chi connectivity index (χ0v) is 16.4. The zero-order valence-electron chi connectivity index (χ0n) is 16.4. The molecule has 0 unspecified atom stereocenters. The largest absolute Gasteiger partial charge is 0.363 e. The molecule has 29 heavy (non-hydrogen) atoms. The smallest absolute Gasteiger partial charge is 0.274 e. The molecule has 0 spiro atoms. The van der Waals surface area contributed by atoms with E-state index in [0.717, 1.165) is 38.0 Å². The molecule has 0 atom stereocenters. The van der Waals surface area contributed by atoms with Crippen molar-refractivity contribution in [2.75, 3.05) is 18.4 Å². The highest BCUT2D eigenvalue weighted by atomic mass is 16.2. The first-order valence-corrected chi connectivity index (χ1v) is 10.1. The molecule has 1 amide bonds. The van der Waals surface area contributed by atoms with Gasteiger partial charge in [0.05, 0.1) is 24.6 Å². The van der Waals surface area contributed by atoms with Crippen LogP contribution in [-0.4, -0.2) is 38.8 Å². The molecule has 0 bridgehead atoms. The van der Waals surface area contributed by atoms with Crippen LogP contribution in [-0.2, 0) is 13.0 Å². The number of aromatic nitrogens is 3. The lowest BCUT2D eigenvalue weighted by molar-refractivity contribution is 0.0684. The summed E-state index contributed by atoms with van der Waals surface area (Å²) in [6.45, 7) is 2.12. The van der Waals surface area contributed by atoms with E-state index >= 15 is 0 Å². The fourth-order valence-electron chi connectivity index (χ4n) is 3.66. The van der Waals surface area contributed by atoms with Crippen LogP contribution >= 0.6 is 0 Å². The van der Waals surface area contributed by atoms with Gasteiger partial charge in [-0.05, 0) is 42.9 Å². The van der Waals surface area contributed by atoms with E-state index in [4.69, 9.17) is 0 Å². The highest BCUT2D eigenvalue weighted by molar-refractivity contribution is 5.92. The van der Waals surface area contributed by atoms with Crippen LogP contribution in [0.5, 0.6) is 0 Å². The molecule has 1 fully saturated rings. The lowest BCUT2D eigenvalue weighted by atomic mass is 9.90. The molecule has 1 aromatic carbocycles. The molecule has 1 N–H and O–H groups in total. The van der Waals surface area contributed by atoms with E-state index in [0.29, 0.717) is 24.0 Å². The average molecular weight is 387 g/mol. The van der Waals surface area contributed by atoms with Gasteiger partial charge in [-0.25, -0.2) is 9.97 Å². The zero-order chi connectivity index (χ0) is 19.9. The summed E-state index contributed by atoms with van der Waals surface area (Å²) in [5.74, 6) is 1.23. The first-order valence-electron chi connectivity index (χ1n) is 10.1. The number of pyridine rings is 1. The second-order valence-corrected chi connectivity index (χ2v) is 7.39. The number of piperidine rings is 1. The number of carbonyl (C=O) groups is 1. The second kappa shape index (κ2) is 9.28. The number of benzene rings is 1. The van der Waals surface area contributed by atoms with Crippen molar-refractivity contribution in [1.82, 2.24) is 19.9 Å². The monoisotopic (exact) mass is 387 g/mol. The number of nitrogens with one attached hydrogen (secondary N) is 1. The Kier molecular flexibility index (Phi) is 6.10. The summed E-state index contributed by atoms with van der Waals surface area (Å²) in [6.07, 6.45) is 8.06. The van der Waals surface area contributed by atoms with Gasteiger partial charge in [0.25, 0.3) is 5.91 Å². The molecular formula is C23H25N5O. The molecule has 4 rings (SSSR count). The van der Waals surface area contributed by atoms with Gasteiger partial charge < -0.3 is 10.2 Å². The highest BCUT2D eigenvalue weighted by Crippen LogP contribution is 2.22. The Morgan fingerprint density at radius 1 is 0.966 bits per heavy atom. The van der Waals surface area contributed by atoms with Gasteiger partial charge in [-0.2, -0.15) is 0 Å². The second-order valence-electron chi connectivity index (χ2n) is 7.39. The van der Waals surface area contributed by atoms with Crippen LogP contribution in [0.4, 0.5) is 5.82 Å². The van der Waals surface area contributed by atoms with Gasteiger partial charge in [-0.3, -0.25) is 9.78 Å². The molecule has 2 aromatic heterocycles. The summed E-state index contributed by atoms with van der Waals surface area (Å²) in [5, 5.41) is 3.17. The van der Waals surface area contributed by atoms with Crippen molar-refractivity contribution < 1.29 is 4.79 Å². The van der Waals surface area contributed by atoms with Crippen molar-refractivity contribution in [2.45, 2.75) is 25.8 Å². The molecule has 6 heteroatoms. The predicted octanol–water partition coefficient (Wildman–Crippen LogP) is 3.58. The quantitative estimate of drug-likeness (QED) is 0.700. The van der Waals surface area contributed by atoms with Crippen molar-refractivity contribution in [1.29, 1.82) is 0 Å². The van der Waals surface area contributed by atoms with Crippen molar-refractivity contribution in [3.05, 3.63) is 84.1 Å². The molecule has 3 aromatic rings. The van der Waals surface area contributed by atoms with Crippen molar-refractivity contribution in [3.63, 3.8) is 0 Å². The summed E-state index contributed by atoms with van der Waals surface area (Å²) in [4.78, 5) is 27.6. The lowest BCUT2D eigenvalue weighted by Crippen LogP contribution is -2.39. The number of carbonyl (C=O) groups excluding carboxylic acids is 1. The van der Waals surface area contributed by atoms with E-state index in [1.807, 2.05) is 29.2 Å². The molecular weight excluding hydrogens is 362 g/mol. The maximum Gasteiger partial charge on any atom is 0.274 e. The molecule has 0 radical (unpaired) electrons. The van der Waals surface area contributed by atoms with E-state index in [-0.39, 0.29) is 5.91 Å². The molecule has 3 heterocycles. The number of likely N-dealkylation sites (tertiary alicyclic amines) is 1. The Morgan fingerprint density at radius 2 is 1.76 bits per heavy atom. The summed E-state index contributed by atoms with van der Waals surface area (Å²) < 4.78 is 0. The molecule has 1 aliphatic rings. The van der Waals surface area contributed by atoms with Crippen LogP contribution in [0.2, 0.25) is 0 Å². The number of hydrogen-bond donors (Lipinski definition) is 1. The molecule has 0 saturated carbocycles. The summed E-state index contributed by atoms with van der Waals surface area (Å²) in [7, 11) is 0. The van der Waals surface area contributed by atoms with Gasteiger partial charge >= 0.3 is 0 Å². The minimum Gasteiger partial charge on any atom is -0.363 e. The van der Waals surface area contributed by atoms with Crippen LogP contribution in [0, 0.1) is 5.92 Å². The number of hydrogen-bond acceptors (Lipinski definition) is 5. The molecule has 1 aliphatic heterocycles. The minimum atomic E-state index is -0.0352. The summed E-state index contributed by atoms with van der Waals surface area (Å²) in [5.41, 5.74) is 2.69. The van der Waals surface area contributed by atoms with Gasteiger partial charge in [0.2, 0.25) is 0 Å². The fourth-order valence-corrected chi connectivity index (χ4v) is 3.66. The van der Waals surface area contributed by atoms with Gasteiger partial charge in [-0.1, -0.05) is 36.4 Å². The fraction of sp³-hybridized carbons (Fsp3) is 0.304. The van der Waals surface area contributed by atoms with E-state index in [1.54, 1.807) is 18.6 Å². The summed E-state index contributed by atoms with van der Waals surface area (Å²) >= 11 is 0. The number of anilines is 1. The van der Waals surface area contributed by atoms with E-state index in [1.165, 1.54) is 5.56 Å². The molecule has 148 valence electrons. The first-order chi connectivity index (χ1) is 14.3. The third-order valence-electron chi connectivity index (χ3n) is 5.32. The Balaban J connectivity index is 1.27. The van der Waals surface area contributed by atoms with Gasteiger partial charge in [0.1, 0.15) is 11.5 Å². The maximum absolute atomic E-state index is 12.7. The third kappa shape index (κ3) is 5.16. The summed E-state index contributed by atoms with van der Waals surface area (Å²) in [6, 6.07) is 16.3. The normalized spacial score (nSPS) is 14.6. The molecule has 6 nitrogen and oxygen atoms in total. The average Bonchev–Trinajstić information content (AvgIpc) is 2.79. The SMILES string of the molecule is O=C(c1cnc(NCc2ccccn2)cn1)N1CCC(Cc2ccccc2)CC1. The maximum atomic E-state index is 12.7. The highest BCUT2D eigenvalue weighted by Gasteiger charge is 2.24. The minimum absolute atomic E-state index is 0.0352. The Morgan fingerprint density at radius 3 is 2.45 bits per heavy atom. The van der Waals surface area contributed by atoms with Gasteiger partial charge in [-0.15, -0.1) is 0 Å². The van der Waals surface area contributed by atoms with E-state index in [2.05, 4.69) is 44.5 Å². The number of amides is 1. The van der Waals surface area contributed by atoms with Crippen molar-refractivity contribution in [3.8, 4) is 0 Å². The first kappa shape index (κ1) is 19.1. The Labute approximate surface area is 171 Å². The van der Waals surface area contributed by atoms with Gasteiger partial charge in [0.15, 0.2) is 0 Å². The molecule has 1 saturated heterocycles. The van der Waals surface area contributed by atoms with Crippen LogP contribution in [0.15, 0.2) is 67.1 Å².